The molecule has 3 N–H and O–H groups in total. The van der Waals surface area contributed by atoms with Gasteiger partial charge in [0.05, 0.1) is 32.0 Å². The third-order valence-electron chi connectivity index (χ3n) is 4.67. The molecule has 4 atom stereocenters. The average molecular weight is 357 g/mol. The zero-order valence-corrected chi connectivity index (χ0v) is 14.4. The summed E-state index contributed by atoms with van der Waals surface area (Å²) in [7, 11) is 0. The number of halogens is 1. The Bertz CT molecular complexity index is 527. The van der Waals surface area contributed by atoms with Crippen LogP contribution in [0.15, 0.2) is 24.3 Å². The minimum absolute atomic E-state index is 0.127. The molecule has 6 nitrogen and oxygen atoms in total. The van der Waals surface area contributed by atoms with E-state index in [1.54, 1.807) is 0 Å². The molecule has 2 heterocycles. The van der Waals surface area contributed by atoms with E-state index in [0.29, 0.717) is 31.3 Å². The van der Waals surface area contributed by atoms with Crippen molar-refractivity contribution in [2.75, 3.05) is 39.5 Å². The van der Waals surface area contributed by atoms with Crippen LogP contribution in [-0.2, 0) is 16.0 Å². The minimum atomic E-state index is -0.689. The maximum Gasteiger partial charge on any atom is 0.109 e. The number of hydrogen-bond acceptors (Lipinski definition) is 6. The molecule has 0 bridgehead atoms. The molecule has 0 spiro atoms. The fourth-order valence-electron chi connectivity index (χ4n) is 3.48. The molecule has 2 saturated heterocycles. The second-order valence-corrected chi connectivity index (χ2v) is 6.72. The number of nitrogens with zero attached hydrogens (tertiary/aromatic N) is 1. The van der Waals surface area contributed by atoms with Crippen molar-refractivity contribution >= 4 is 11.6 Å². The molecule has 0 radical (unpaired) electrons. The largest absolute Gasteiger partial charge is 0.394 e. The van der Waals surface area contributed by atoms with E-state index in [1.807, 2.05) is 24.3 Å². The number of hydrogen-bond donors (Lipinski definition) is 3. The van der Waals surface area contributed by atoms with Gasteiger partial charge in [-0.1, -0.05) is 23.7 Å². The standard InChI is InChI=1S/C17H25ClN2O4/c18-13-3-1-2-12(8-13)9-19-10-14-16(17(22)15(11-21)24-14)20-4-6-23-7-5-20/h1-3,8,14-17,19,21-22H,4-7,9-11H2/t14-,15-,16+,17+/m0/s1. The average Bonchev–Trinajstić information content (AvgIpc) is 2.91. The predicted molar refractivity (Wildman–Crippen MR) is 91.1 cm³/mol. The highest BCUT2D eigenvalue weighted by molar-refractivity contribution is 6.30. The summed E-state index contributed by atoms with van der Waals surface area (Å²) in [5.41, 5.74) is 1.10. The van der Waals surface area contributed by atoms with E-state index < -0.39 is 12.2 Å². The number of benzene rings is 1. The molecule has 0 aromatic heterocycles. The molecule has 24 heavy (non-hydrogen) atoms. The first-order valence-electron chi connectivity index (χ1n) is 8.40. The smallest absolute Gasteiger partial charge is 0.109 e. The van der Waals surface area contributed by atoms with E-state index in [9.17, 15) is 10.2 Å². The molecule has 3 rings (SSSR count). The van der Waals surface area contributed by atoms with Gasteiger partial charge in [0.2, 0.25) is 0 Å². The molecule has 7 heteroatoms. The number of morpholine rings is 1. The Labute approximate surface area is 147 Å². The summed E-state index contributed by atoms with van der Waals surface area (Å²) in [5, 5.41) is 24.0. The lowest BCUT2D eigenvalue weighted by atomic mass is 10.0. The zero-order chi connectivity index (χ0) is 16.9. The number of aliphatic hydroxyl groups is 2. The van der Waals surface area contributed by atoms with Gasteiger partial charge >= 0.3 is 0 Å². The summed E-state index contributed by atoms with van der Waals surface area (Å²) in [6.45, 7) is 3.97. The maximum atomic E-state index is 10.5. The third-order valence-corrected chi connectivity index (χ3v) is 4.91. The Balaban J connectivity index is 1.59. The second-order valence-electron chi connectivity index (χ2n) is 6.29. The van der Waals surface area contributed by atoms with Crippen molar-refractivity contribution in [1.82, 2.24) is 10.2 Å². The van der Waals surface area contributed by atoms with E-state index in [2.05, 4.69) is 10.2 Å². The molecule has 134 valence electrons. The first-order chi connectivity index (χ1) is 11.7. The summed E-state index contributed by atoms with van der Waals surface area (Å²) in [6, 6.07) is 7.58. The first-order valence-corrected chi connectivity index (χ1v) is 8.78. The highest BCUT2D eigenvalue weighted by Gasteiger charge is 2.46. The third kappa shape index (κ3) is 4.26. The molecule has 0 saturated carbocycles. The normalized spacial score (nSPS) is 31.5. The van der Waals surface area contributed by atoms with Crippen molar-refractivity contribution in [3.63, 3.8) is 0 Å². The van der Waals surface area contributed by atoms with Gasteiger partial charge in [-0.05, 0) is 17.7 Å². The van der Waals surface area contributed by atoms with Gasteiger partial charge in [0.15, 0.2) is 0 Å². The van der Waals surface area contributed by atoms with Gasteiger partial charge in [-0.2, -0.15) is 0 Å². The predicted octanol–water partition coefficient (Wildman–Crippen LogP) is 0.251. The first kappa shape index (κ1) is 18.1. The van der Waals surface area contributed by atoms with Crippen molar-refractivity contribution in [3.8, 4) is 0 Å². The van der Waals surface area contributed by atoms with Crippen LogP contribution < -0.4 is 5.32 Å². The number of ether oxygens (including phenoxy) is 2. The van der Waals surface area contributed by atoms with Crippen LogP contribution in [0.4, 0.5) is 0 Å². The monoisotopic (exact) mass is 356 g/mol. The second kappa shape index (κ2) is 8.58. The van der Waals surface area contributed by atoms with Crippen LogP contribution in [0.2, 0.25) is 5.02 Å². The Hall–Kier alpha value is -0.730. The summed E-state index contributed by atoms with van der Waals surface area (Å²) in [4.78, 5) is 2.20. The Morgan fingerprint density at radius 2 is 2.04 bits per heavy atom. The Morgan fingerprint density at radius 3 is 2.75 bits per heavy atom. The van der Waals surface area contributed by atoms with Crippen LogP contribution in [0, 0.1) is 0 Å². The van der Waals surface area contributed by atoms with Crippen LogP contribution in [0.3, 0.4) is 0 Å². The molecule has 2 aliphatic heterocycles. The van der Waals surface area contributed by atoms with Crippen molar-refractivity contribution < 1.29 is 19.7 Å². The van der Waals surface area contributed by atoms with E-state index >= 15 is 0 Å². The lowest BCUT2D eigenvalue weighted by molar-refractivity contribution is -0.0225. The fourth-order valence-corrected chi connectivity index (χ4v) is 3.69. The highest BCUT2D eigenvalue weighted by Crippen LogP contribution is 2.26. The van der Waals surface area contributed by atoms with Crippen molar-refractivity contribution in [2.45, 2.75) is 30.9 Å². The van der Waals surface area contributed by atoms with E-state index in [-0.39, 0.29) is 18.8 Å². The molecule has 2 aliphatic rings. The van der Waals surface area contributed by atoms with Gasteiger partial charge in [-0.15, -0.1) is 0 Å². The molecular weight excluding hydrogens is 332 g/mol. The van der Waals surface area contributed by atoms with Gasteiger partial charge in [-0.25, -0.2) is 0 Å². The SMILES string of the molecule is OC[C@@H]1O[C@@H](CNCc2cccc(Cl)c2)[C@@H](N2CCOCC2)[C@@H]1O. The van der Waals surface area contributed by atoms with Crippen molar-refractivity contribution in [1.29, 1.82) is 0 Å². The maximum absolute atomic E-state index is 10.5. The van der Waals surface area contributed by atoms with Gasteiger partial charge < -0.3 is 25.0 Å². The molecule has 0 unspecified atom stereocenters. The van der Waals surface area contributed by atoms with Gasteiger partial charge in [0.1, 0.15) is 12.2 Å². The summed E-state index contributed by atoms with van der Waals surface area (Å²) >= 11 is 6.00. The molecule has 2 fully saturated rings. The number of rotatable bonds is 6. The Kier molecular flexibility index (Phi) is 6.46. The van der Waals surface area contributed by atoms with Crippen LogP contribution in [0.5, 0.6) is 0 Å². The van der Waals surface area contributed by atoms with E-state index in [1.165, 1.54) is 0 Å². The summed E-state index contributed by atoms with van der Waals surface area (Å²) in [5.74, 6) is 0. The quantitative estimate of drug-likeness (QED) is 0.678. The number of aliphatic hydroxyl groups excluding tert-OH is 2. The fraction of sp³-hybridized carbons (Fsp3) is 0.647. The van der Waals surface area contributed by atoms with Crippen molar-refractivity contribution in [2.24, 2.45) is 0 Å². The number of nitrogens with one attached hydrogen (secondary N) is 1. The lowest BCUT2D eigenvalue weighted by Gasteiger charge is -2.36. The zero-order valence-electron chi connectivity index (χ0n) is 13.6. The van der Waals surface area contributed by atoms with Crippen LogP contribution >= 0.6 is 11.6 Å². The molecule has 0 aliphatic carbocycles. The summed E-state index contributed by atoms with van der Waals surface area (Å²) in [6.07, 6.45) is -1.39. The molecular formula is C17H25ClN2O4. The summed E-state index contributed by atoms with van der Waals surface area (Å²) < 4.78 is 11.3. The van der Waals surface area contributed by atoms with Crippen LogP contribution in [0.1, 0.15) is 5.56 Å². The van der Waals surface area contributed by atoms with Crippen LogP contribution in [0.25, 0.3) is 0 Å². The van der Waals surface area contributed by atoms with Gasteiger partial charge in [-0.3, -0.25) is 4.90 Å². The van der Waals surface area contributed by atoms with E-state index in [0.717, 1.165) is 18.7 Å². The highest BCUT2D eigenvalue weighted by atomic mass is 35.5. The van der Waals surface area contributed by atoms with Gasteiger partial charge in [0, 0.05) is 31.2 Å². The molecule has 1 aromatic carbocycles. The molecule has 1 aromatic rings. The lowest BCUT2D eigenvalue weighted by Crippen LogP contribution is -2.54. The topological polar surface area (TPSA) is 74.2 Å². The molecule has 0 amide bonds. The minimum Gasteiger partial charge on any atom is -0.394 e. The van der Waals surface area contributed by atoms with Gasteiger partial charge in [0.25, 0.3) is 0 Å². The Morgan fingerprint density at radius 1 is 1.25 bits per heavy atom. The van der Waals surface area contributed by atoms with Crippen LogP contribution in [-0.4, -0.2) is 78.9 Å². The van der Waals surface area contributed by atoms with Crippen molar-refractivity contribution in [3.05, 3.63) is 34.9 Å². The van der Waals surface area contributed by atoms with E-state index in [4.69, 9.17) is 21.1 Å².